The van der Waals surface area contributed by atoms with Crippen molar-refractivity contribution >= 4 is 15.7 Å². The van der Waals surface area contributed by atoms with Crippen LogP contribution in [0, 0.1) is 12.8 Å². The van der Waals surface area contributed by atoms with Gasteiger partial charge in [-0.1, -0.05) is 48.9 Å². The van der Waals surface area contributed by atoms with E-state index in [-0.39, 0.29) is 11.3 Å². The molecule has 2 aromatic rings. The van der Waals surface area contributed by atoms with Gasteiger partial charge >= 0.3 is 0 Å². The quantitative estimate of drug-likeness (QED) is 0.836. The number of rotatable bonds is 3. The molecule has 26 heavy (non-hydrogen) atoms. The van der Waals surface area contributed by atoms with Gasteiger partial charge in [-0.2, -0.15) is 4.31 Å². The highest BCUT2D eigenvalue weighted by atomic mass is 32.2. The molecule has 4 nitrogen and oxygen atoms in total. The lowest BCUT2D eigenvalue weighted by atomic mass is 9.69. The number of aryl methyl sites for hydroxylation is 1. The van der Waals surface area contributed by atoms with Crippen LogP contribution in [0.2, 0.25) is 0 Å². The molecule has 5 heteroatoms. The fraction of sp³-hybridized carbons (Fsp3) is 0.333. The van der Waals surface area contributed by atoms with E-state index in [2.05, 4.69) is 24.9 Å². The van der Waals surface area contributed by atoms with Crippen molar-refractivity contribution in [3.63, 3.8) is 0 Å². The maximum atomic E-state index is 13.5. The number of hydrogen-bond acceptors (Lipinski definition) is 3. The molecule has 4 rings (SSSR count). The molecular formula is C21H24N2O2S. The predicted octanol–water partition coefficient (Wildman–Crippen LogP) is 3.90. The monoisotopic (exact) mass is 368 g/mol. The first-order chi connectivity index (χ1) is 12.2. The van der Waals surface area contributed by atoms with Gasteiger partial charge in [-0.05, 0) is 37.6 Å². The molecule has 0 amide bonds. The molecule has 2 aliphatic rings. The lowest BCUT2D eigenvalue weighted by molar-refractivity contribution is 0.226. The summed E-state index contributed by atoms with van der Waals surface area (Å²) in [6.45, 7) is 10.5. The van der Waals surface area contributed by atoms with Gasteiger partial charge in [0, 0.05) is 23.6 Å². The topological polar surface area (TPSA) is 49.4 Å². The molecule has 3 atom stereocenters. The molecule has 2 aromatic carbocycles. The van der Waals surface area contributed by atoms with Gasteiger partial charge in [0.15, 0.2) is 0 Å². The number of nitrogens with one attached hydrogen (secondary N) is 1. The highest BCUT2D eigenvalue weighted by Gasteiger charge is 2.66. The van der Waals surface area contributed by atoms with Crippen LogP contribution in [0.15, 0.2) is 66.1 Å². The van der Waals surface area contributed by atoms with Crippen LogP contribution >= 0.6 is 0 Å². The summed E-state index contributed by atoms with van der Waals surface area (Å²) in [7, 11) is -3.64. The first kappa shape index (κ1) is 17.3. The van der Waals surface area contributed by atoms with E-state index in [1.165, 1.54) is 0 Å². The van der Waals surface area contributed by atoms with Crippen molar-refractivity contribution in [3.05, 3.63) is 72.3 Å². The van der Waals surface area contributed by atoms with Gasteiger partial charge in [0.2, 0.25) is 10.0 Å². The van der Waals surface area contributed by atoms with Crippen LogP contribution < -0.4 is 5.32 Å². The third-order valence-corrected chi connectivity index (χ3v) is 8.33. The van der Waals surface area contributed by atoms with Crippen LogP contribution in [-0.2, 0) is 15.4 Å². The van der Waals surface area contributed by atoms with Gasteiger partial charge in [0.25, 0.3) is 0 Å². The standard InChI is InChI=1S/C21H24N2O2S/c1-5-16-14-23(26(24,25)17-12-10-15(2)11-13-17)21(4)20(16,3)18-8-6-7-9-19(18)22-21/h5-13,16,22H,1,14H2,2-4H3. The van der Waals surface area contributed by atoms with E-state index >= 15 is 0 Å². The second kappa shape index (κ2) is 5.44. The summed E-state index contributed by atoms with van der Waals surface area (Å²) < 4.78 is 28.6. The zero-order valence-corrected chi connectivity index (χ0v) is 16.2. The smallest absolute Gasteiger partial charge is 0.245 e. The Morgan fingerprint density at radius 1 is 1.15 bits per heavy atom. The first-order valence-corrected chi connectivity index (χ1v) is 10.3. The number of fused-ring (bicyclic) bond motifs is 3. The molecule has 0 spiro atoms. The van der Waals surface area contributed by atoms with Crippen LogP contribution in [-0.4, -0.2) is 24.9 Å². The summed E-state index contributed by atoms with van der Waals surface area (Å²) >= 11 is 0. The van der Waals surface area contributed by atoms with E-state index in [4.69, 9.17) is 0 Å². The van der Waals surface area contributed by atoms with Crippen LogP contribution in [0.25, 0.3) is 0 Å². The lowest BCUT2D eigenvalue weighted by Gasteiger charge is -2.41. The summed E-state index contributed by atoms with van der Waals surface area (Å²) in [5.74, 6) is 0.0175. The highest BCUT2D eigenvalue weighted by Crippen LogP contribution is 2.58. The normalized spacial score (nSPS) is 30.5. The van der Waals surface area contributed by atoms with E-state index < -0.39 is 15.7 Å². The molecule has 0 aliphatic carbocycles. The summed E-state index contributed by atoms with van der Waals surface area (Å²) in [6, 6.07) is 15.1. The Kier molecular flexibility index (Phi) is 3.62. The summed E-state index contributed by atoms with van der Waals surface area (Å²) in [5.41, 5.74) is 2.04. The minimum atomic E-state index is -3.64. The molecule has 1 saturated heterocycles. The third-order valence-electron chi connectivity index (χ3n) is 6.37. The molecule has 2 heterocycles. The zero-order valence-electron chi connectivity index (χ0n) is 15.4. The SMILES string of the molecule is C=CC1CN(S(=O)(=O)c2ccc(C)cc2)C2(C)Nc3ccccc3C12C. The van der Waals surface area contributed by atoms with Crippen LogP contribution in [0.1, 0.15) is 25.0 Å². The maximum absolute atomic E-state index is 13.5. The minimum absolute atomic E-state index is 0.0175. The van der Waals surface area contributed by atoms with Crippen molar-refractivity contribution in [1.29, 1.82) is 0 Å². The largest absolute Gasteiger partial charge is 0.365 e. The molecule has 2 aliphatic heterocycles. The van der Waals surface area contributed by atoms with E-state index in [1.54, 1.807) is 16.4 Å². The Morgan fingerprint density at radius 2 is 1.81 bits per heavy atom. The molecule has 3 unspecified atom stereocenters. The molecule has 1 fully saturated rings. The second-order valence-electron chi connectivity index (χ2n) is 7.64. The number of anilines is 1. The molecule has 136 valence electrons. The van der Waals surface area contributed by atoms with Crippen LogP contribution in [0.5, 0.6) is 0 Å². The average Bonchev–Trinajstić information content (AvgIpc) is 2.98. The molecular weight excluding hydrogens is 344 g/mol. The lowest BCUT2D eigenvalue weighted by Crippen LogP contribution is -2.56. The highest BCUT2D eigenvalue weighted by molar-refractivity contribution is 7.89. The Bertz CT molecular complexity index is 983. The van der Waals surface area contributed by atoms with Crippen molar-refractivity contribution in [2.45, 2.75) is 36.7 Å². The van der Waals surface area contributed by atoms with E-state index in [0.717, 1.165) is 16.8 Å². The fourth-order valence-electron chi connectivity index (χ4n) is 4.61. The number of nitrogens with zero attached hydrogens (tertiary/aromatic N) is 1. The van der Waals surface area contributed by atoms with Crippen molar-refractivity contribution in [2.75, 3.05) is 11.9 Å². The van der Waals surface area contributed by atoms with Gasteiger partial charge in [-0.25, -0.2) is 8.42 Å². The van der Waals surface area contributed by atoms with Crippen LogP contribution in [0.3, 0.4) is 0 Å². The van der Waals surface area contributed by atoms with Gasteiger partial charge in [0.1, 0.15) is 5.66 Å². The molecule has 0 radical (unpaired) electrons. The Labute approximate surface area is 155 Å². The van der Waals surface area contributed by atoms with Crippen molar-refractivity contribution in [3.8, 4) is 0 Å². The van der Waals surface area contributed by atoms with E-state index in [1.807, 2.05) is 50.3 Å². The van der Waals surface area contributed by atoms with Gasteiger partial charge in [0.05, 0.1) is 4.90 Å². The summed E-state index contributed by atoms with van der Waals surface area (Å²) in [4.78, 5) is 0.328. The number of sulfonamides is 1. The Hall–Kier alpha value is -2.11. The average molecular weight is 369 g/mol. The number of benzene rings is 2. The van der Waals surface area contributed by atoms with E-state index in [0.29, 0.717) is 11.4 Å². The van der Waals surface area contributed by atoms with Crippen molar-refractivity contribution in [1.82, 2.24) is 4.31 Å². The van der Waals surface area contributed by atoms with Gasteiger partial charge in [-0.3, -0.25) is 0 Å². The second-order valence-corrected chi connectivity index (χ2v) is 9.50. The van der Waals surface area contributed by atoms with Gasteiger partial charge in [-0.15, -0.1) is 6.58 Å². The summed E-state index contributed by atoms with van der Waals surface area (Å²) in [6.07, 6.45) is 1.90. The Morgan fingerprint density at radius 3 is 2.46 bits per heavy atom. The number of hydrogen-bond donors (Lipinski definition) is 1. The van der Waals surface area contributed by atoms with Crippen molar-refractivity contribution < 1.29 is 8.42 Å². The molecule has 1 N–H and O–H groups in total. The molecule has 0 saturated carbocycles. The summed E-state index contributed by atoms with van der Waals surface area (Å²) in [5, 5.41) is 3.51. The molecule has 0 aromatic heterocycles. The van der Waals surface area contributed by atoms with E-state index in [9.17, 15) is 8.42 Å². The Balaban J connectivity index is 1.88. The van der Waals surface area contributed by atoms with Crippen LogP contribution in [0.4, 0.5) is 5.69 Å². The third kappa shape index (κ3) is 2.01. The van der Waals surface area contributed by atoms with Crippen molar-refractivity contribution in [2.24, 2.45) is 5.92 Å². The maximum Gasteiger partial charge on any atom is 0.245 e. The molecule has 0 bridgehead atoms. The first-order valence-electron chi connectivity index (χ1n) is 8.85. The van der Waals surface area contributed by atoms with Gasteiger partial charge < -0.3 is 5.32 Å². The predicted molar refractivity (Wildman–Crippen MR) is 105 cm³/mol. The number of para-hydroxylation sites is 1. The fourth-order valence-corrected chi connectivity index (χ4v) is 6.42. The zero-order chi connectivity index (χ0) is 18.7. The minimum Gasteiger partial charge on any atom is -0.365 e.